The van der Waals surface area contributed by atoms with Crippen molar-refractivity contribution in [2.24, 2.45) is 0 Å². The Bertz CT molecular complexity index is 291. The van der Waals surface area contributed by atoms with Gasteiger partial charge < -0.3 is 14.5 Å². The quantitative estimate of drug-likeness (QED) is 0.754. The average molecular weight is 213 g/mol. The summed E-state index contributed by atoms with van der Waals surface area (Å²) in [7, 11) is -2.03. The first-order valence-electron chi connectivity index (χ1n) is 4.73. The zero-order valence-corrected chi connectivity index (χ0v) is 9.41. The van der Waals surface area contributed by atoms with Crippen LogP contribution in [0.15, 0.2) is 24.3 Å². The summed E-state index contributed by atoms with van der Waals surface area (Å²) in [5.41, 5.74) is 2.07. The van der Waals surface area contributed by atoms with E-state index < -0.39 is 8.53 Å². The number of nitrogens with zero attached hydrogens (tertiary/aromatic N) is 1. The third-order valence-corrected chi connectivity index (χ3v) is 3.10. The molecule has 0 aliphatic rings. The van der Waals surface area contributed by atoms with Crippen LogP contribution in [0.5, 0.6) is 0 Å². The summed E-state index contributed by atoms with van der Waals surface area (Å²) in [5, 5.41) is 0. The molecule has 0 aliphatic heterocycles. The molecule has 0 atom stereocenters. The fraction of sp³-hybridized carbons (Fsp3) is 0.400. The van der Waals surface area contributed by atoms with E-state index in [0.29, 0.717) is 6.54 Å². The van der Waals surface area contributed by atoms with Crippen molar-refractivity contribution in [3.8, 4) is 0 Å². The van der Waals surface area contributed by atoms with E-state index in [1.807, 2.05) is 31.2 Å². The van der Waals surface area contributed by atoms with E-state index in [-0.39, 0.29) is 0 Å². The molecule has 0 fully saturated rings. The molecule has 0 amide bonds. The molecule has 1 aromatic carbocycles. The first-order valence-corrected chi connectivity index (χ1v) is 5.93. The molecule has 0 saturated carbocycles. The minimum Gasteiger partial charge on any atom is -0.333 e. The van der Waals surface area contributed by atoms with Crippen LogP contribution in [0.25, 0.3) is 0 Å². The number of hydrogen-bond donors (Lipinski definition) is 2. The largest absolute Gasteiger partial charge is 0.333 e. The van der Waals surface area contributed by atoms with Crippen LogP contribution in [0.1, 0.15) is 19.4 Å². The van der Waals surface area contributed by atoms with Crippen LogP contribution in [0.4, 0.5) is 5.69 Å². The Morgan fingerprint density at radius 1 is 1.21 bits per heavy atom. The molecule has 0 saturated heterocycles. The summed E-state index contributed by atoms with van der Waals surface area (Å²) in [5.74, 6) is 0. The van der Waals surface area contributed by atoms with Crippen LogP contribution in [-0.2, 0) is 6.42 Å². The molecule has 0 radical (unpaired) electrons. The molecule has 2 N–H and O–H groups in total. The van der Waals surface area contributed by atoms with E-state index >= 15 is 0 Å². The minimum atomic E-state index is -2.03. The predicted molar refractivity (Wildman–Crippen MR) is 60.2 cm³/mol. The molecular weight excluding hydrogens is 197 g/mol. The van der Waals surface area contributed by atoms with Crippen molar-refractivity contribution in [3.05, 3.63) is 29.8 Å². The Kier molecular flexibility index (Phi) is 4.33. The third-order valence-electron chi connectivity index (χ3n) is 2.17. The third kappa shape index (κ3) is 2.44. The van der Waals surface area contributed by atoms with E-state index in [2.05, 4.69) is 6.92 Å². The van der Waals surface area contributed by atoms with E-state index in [1.165, 1.54) is 0 Å². The highest BCUT2D eigenvalue weighted by atomic mass is 31.2. The van der Waals surface area contributed by atoms with Gasteiger partial charge in [0.15, 0.2) is 0 Å². The lowest BCUT2D eigenvalue weighted by molar-refractivity contribution is 0.477. The molecule has 78 valence electrons. The molecular formula is C10H16NO2P. The van der Waals surface area contributed by atoms with Crippen LogP contribution in [0.2, 0.25) is 0 Å². The second-order valence-corrected chi connectivity index (χ2v) is 3.99. The monoisotopic (exact) mass is 213 g/mol. The van der Waals surface area contributed by atoms with Gasteiger partial charge in [-0.2, -0.15) is 0 Å². The second kappa shape index (κ2) is 5.30. The molecule has 0 bridgehead atoms. The first kappa shape index (κ1) is 11.4. The molecule has 0 aliphatic carbocycles. The van der Waals surface area contributed by atoms with E-state index in [0.717, 1.165) is 17.7 Å². The van der Waals surface area contributed by atoms with Crippen LogP contribution in [-0.4, -0.2) is 16.3 Å². The van der Waals surface area contributed by atoms with Gasteiger partial charge in [0, 0.05) is 12.2 Å². The van der Waals surface area contributed by atoms with Crippen LogP contribution < -0.4 is 4.67 Å². The van der Waals surface area contributed by atoms with Gasteiger partial charge in [0.05, 0.1) is 0 Å². The maximum atomic E-state index is 9.23. The number of hydrogen-bond acceptors (Lipinski definition) is 3. The Hall–Kier alpha value is -0.630. The summed E-state index contributed by atoms with van der Waals surface area (Å²) < 4.78 is 1.62. The summed E-state index contributed by atoms with van der Waals surface area (Å²) in [6.07, 6.45) is 0.899. The van der Waals surface area contributed by atoms with Crippen molar-refractivity contribution in [2.45, 2.75) is 20.3 Å². The summed E-state index contributed by atoms with van der Waals surface area (Å²) in [6, 6.07) is 7.81. The molecule has 0 spiro atoms. The van der Waals surface area contributed by atoms with Crippen molar-refractivity contribution in [1.29, 1.82) is 0 Å². The highest BCUT2D eigenvalue weighted by molar-refractivity contribution is 7.47. The SMILES string of the molecule is CCc1ccccc1N(CC)P(O)O. The number of benzene rings is 1. The Labute approximate surface area is 86.0 Å². The lowest BCUT2D eigenvalue weighted by Crippen LogP contribution is -2.17. The molecule has 0 heterocycles. The Balaban J connectivity index is 3.02. The zero-order valence-electron chi connectivity index (χ0n) is 8.51. The lowest BCUT2D eigenvalue weighted by Gasteiger charge is -2.25. The molecule has 14 heavy (non-hydrogen) atoms. The molecule has 4 heteroatoms. The fourth-order valence-corrected chi connectivity index (χ4v) is 2.10. The van der Waals surface area contributed by atoms with Gasteiger partial charge in [-0.3, -0.25) is 0 Å². The van der Waals surface area contributed by atoms with Crippen molar-refractivity contribution in [3.63, 3.8) is 0 Å². The predicted octanol–water partition coefficient (Wildman–Crippen LogP) is 2.29. The summed E-state index contributed by atoms with van der Waals surface area (Å²) >= 11 is 0. The van der Waals surface area contributed by atoms with Crippen molar-refractivity contribution >= 4 is 14.2 Å². The standard InChI is InChI=1S/C10H16NO2P/c1-3-9-7-5-6-8-10(9)11(4-2)14(12)13/h5-8,12-13H,3-4H2,1-2H3. The molecule has 1 rings (SSSR count). The Morgan fingerprint density at radius 2 is 1.86 bits per heavy atom. The summed E-state index contributed by atoms with van der Waals surface area (Å²) in [4.78, 5) is 18.5. The van der Waals surface area contributed by atoms with Crippen LogP contribution >= 0.6 is 8.53 Å². The van der Waals surface area contributed by atoms with Gasteiger partial charge in [0.25, 0.3) is 8.53 Å². The maximum Gasteiger partial charge on any atom is 0.284 e. The Morgan fingerprint density at radius 3 is 2.36 bits per heavy atom. The number of aryl methyl sites for hydroxylation is 1. The average Bonchev–Trinajstić information content (AvgIpc) is 2.19. The zero-order chi connectivity index (χ0) is 10.6. The molecule has 1 aromatic rings. The maximum absolute atomic E-state index is 9.23. The topological polar surface area (TPSA) is 43.7 Å². The van der Waals surface area contributed by atoms with Crippen molar-refractivity contribution < 1.29 is 9.79 Å². The van der Waals surface area contributed by atoms with Gasteiger partial charge in [-0.05, 0) is 25.0 Å². The van der Waals surface area contributed by atoms with Gasteiger partial charge in [-0.25, -0.2) is 0 Å². The van der Waals surface area contributed by atoms with E-state index in [1.54, 1.807) is 4.67 Å². The van der Waals surface area contributed by atoms with E-state index in [4.69, 9.17) is 0 Å². The number of rotatable bonds is 4. The van der Waals surface area contributed by atoms with Gasteiger partial charge in [-0.1, -0.05) is 25.1 Å². The smallest absolute Gasteiger partial charge is 0.284 e. The fourth-order valence-electron chi connectivity index (χ4n) is 1.45. The molecule has 3 nitrogen and oxygen atoms in total. The minimum absolute atomic E-state index is 0.607. The van der Waals surface area contributed by atoms with Crippen molar-refractivity contribution in [2.75, 3.05) is 11.2 Å². The van der Waals surface area contributed by atoms with E-state index in [9.17, 15) is 9.79 Å². The summed E-state index contributed by atoms with van der Waals surface area (Å²) in [6.45, 7) is 4.58. The second-order valence-electron chi connectivity index (χ2n) is 2.97. The highest BCUT2D eigenvalue weighted by Gasteiger charge is 2.14. The normalized spacial score (nSPS) is 10.6. The van der Waals surface area contributed by atoms with Gasteiger partial charge in [-0.15, -0.1) is 0 Å². The first-order chi connectivity index (χ1) is 6.70. The van der Waals surface area contributed by atoms with Crippen LogP contribution in [0.3, 0.4) is 0 Å². The number of para-hydroxylation sites is 1. The van der Waals surface area contributed by atoms with Gasteiger partial charge in [0.2, 0.25) is 0 Å². The lowest BCUT2D eigenvalue weighted by atomic mass is 10.1. The molecule has 0 aromatic heterocycles. The van der Waals surface area contributed by atoms with Crippen molar-refractivity contribution in [1.82, 2.24) is 0 Å². The molecule has 0 unspecified atom stereocenters. The number of anilines is 1. The highest BCUT2D eigenvalue weighted by Crippen LogP contribution is 2.37. The van der Waals surface area contributed by atoms with Crippen LogP contribution in [0, 0.1) is 0 Å². The van der Waals surface area contributed by atoms with Gasteiger partial charge in [0.1, 0.15) is 0 Å². The van der Waals surface area contributed by atoms with Gasteiger partial charge >= 0.3 is 0 Å².